The zero-order valence-electron chi connectivity index (χ0n) is 12.2. The predicted molar refractivity (Wildman–Crippen MR) is 68.1 cm³/mol. The van der Waals surface area contributed by atoms with E-state index in [1.54, 1.807) is 0 Å². The van der Waals surface area contributed by atoms with Gasteiger partial charge in [-0.1, -0.05) is 0 Å². The molecule has 1 rings (SSSR count). The number of carbonyl (C=O) groups excluding carboxylic acids is 1. The molecule has 3 nitrogen and oxygen atoms in total. The number of Topliss-reactive ketones (excluding diaryl/α,β-unsaturated/α-hetero) is 1. The van der Waals surface area contributed by atoms with Gasteiger partial charge in [-0.3, -0.25) is 4.79 Å². The summed E-state index contributed by atoms with van der Waals surface area (Å²) >= 11 is 0. The molecule has 17 heavy (non-hydrogen) atoms. The van der Waals surface area contributed by atoms with E-state index in [-0.39, 0.29) is 17.3 Å². The van der Waals surface area contributed by atoms with Crippen molar-refractivity contribution in [1.82, 2.24) is 0 Å². The molecule has 0 aromatic carbocycles. The lowest BCUT2D eigenvalue weighted by molar-refractivity contribution is -0.150. The van der Waals surface area contributed by atoms with Gasteiger partial charge in [0.1, 0.15) is 5.60 Å². The van der Waals surface area contributed by atoms with Crippen LogP contribution in [0.1, 0.15) is 54.9 Å². The van der Waals surface area contributed by atoms with Crippen molar-refractivity contribution < 1.29 is 14.3 Å². The molecule has 1 aliphatic rings. The number of carbonyl (C=O) groups is 1. The maximum Gasteiger partial charge on any atom is 0.170 e. The van der Waals surface area contributed by atoms with Gasteiger partial charge in [-0.2, -0.15) is 0 Å². The van der Waals surface area contributed by atoms with Crippen molar-refractivity contribution in [3.05, 3.63) is 0 Å². The quantitative estimate of drug-likeness (QED) is 0.760. The second-order valence-corrected chi connectivity index (χ2v) is 6.53. The molecule has 0 bridgehead atoms. The van der Waals surface area contributed by atoms with Gasteiger partial charge in [0, 0.05) is 6.61 Å². The Balaban J connectivity index is 2.90. The van der Waals surface area contributed by atoms with Gasteiger partial charge in [-0.25, -0.2) is 0 Å². The zero-order chi connectivity index (χ0) is 13.5. The lowest BCUT2D eigenvalue weighted by Gasteiger charge is -2.32. The Morgan fingerprint density at radius 2 is 1.88 bits per heavy atom. The highest BCUT2D eigenvalue weighted by Crippen LogP contribution is 2.44. The van der Waals surface area contributed by atoms with Gasteiger partial charge in [0.25, 0.3) is 0 Å². The fourth-order valence-electron chi connectivity index (χ4n) is 2.82. The number of ether oxygens (including phenoxy) is 2. The van der Waals surface area contributed by atoms with Crippen LogP contribution in [0.5, 0.6) is 0 Å². The largest absolute Gasteiger partial charge is 0.369 e. The summed E-state index contributed by atoms with van der Waals surface area (Å²) in [5.41, 5.74) is -1.36. The number of ketones is 1. The SMILES string of the molecule is CCOC(C)(C)C(=O)C1CC(C)(C)OC1(C)C. The van der Waals surface area contributed by atoms with E-state index in [4.69, 9.17) is 9.47 Å². The Hall–Kier alpha value is -0.410. The van der Waals surface area contributed by atoms with Gasteiger partial charge in [0.05, 0.1) is 17.1 Å². The Bertz CT molecular complexity index is 303. The molecule has 0 aromatic rings. The molecule has 1 aliphatic heterocycles. The Kier molecular flexibility index (Phi) is 3.76. The molecule has 1 heterocycles. The van der Waals surface area contributed by atoms with E-state index in [9.17, 15) is 4.79 Å². The monoisotopic (exact) mass is 242 g/mol. The van der Waals surface area contributed by atoms with E-state index < -0.39 is 11.2 Å². The Morgan fingerprint density at radius 3 is 2.24 bits per heavy atom. The highest BCUT2D eigenvalue weighted by molar-refractivity contribution is 5.90. The topological polar surface area (TPSA) is 35.5 Å². The zero-order valence-corrected chi connectivity index (χ0v) is 12.2. The van der Waals surface area contributed by atoms with Crippen LogP contribution in [-0.4, -0.2) is 29.2 Å². The molecule has 1 unspecified atom stereocenters. The summed E-state index contributed by atoms with van der Waals surface area (Å²) in [4.78, 5) is 12.6. The van der Waals surface area contributed by atoms with Gasteiger partial charge in [0.2, 0.25) is 0 Å². The van der Waals surface area contributed by atoms with Crippen LogP contribution in [0.15, 0.2) is 0 Å². The number of hydrogen-bond donors (Lipinski definition) is 0. The summed E-state index contributed by atoms with van der Waals surface area (Å²) in [5.74, 6) is 0.0500. The molecule has 0 amide bonds. The molecule has 0 aliphatic carbocycles. The van der Waals surface area contributed by atoms with Crippen LogP contribution in [0.2, 0.25) is 0 Å². The lowest BCUT2D eigenvalue weighted by atomic mass is 9.79. The maximum absolute atomic E-state index is 12.6. The minimum atomic E-state index is -0.722. The van der Waals surface area contributed by atoms with Crippen molar-refractivity contribution in [3.8, 4) is 0 Å². The molecule has 1 atom stereocenters. The molecule has 1 saturated heterocycles. The van der Waals surface area contributed by atoms with Crippen LogP contribution in [0.4, 0.5) is 0 Å². The van der Waals surface area contributed by atoms with Crippen molar-refractivity contribution in [1.29, 1.82) is 0 Å². The lowest BCUT2D eigenvalue weighted by Crippen LogP contribution is -2.45. The second kappa shape index (κ2) is 4.36. The fraction of sp³-hybridized carbons (Fsp3) is 0.929. The summed E-state index contributed by atoms with van der Waals surface area (Å²) < 4.78 is 11.5. The minimum Gasteiger partial charge on any atom is -0.369 e. The second-order valence-electron chi connectivity index (χ2n) is 6.53. The molecule has 0 spiro atoms. The summed E-state index contributed by atoms with van der Waals surface area (Å²) in [7, 11) is 0. The predicted octanol–water partition coefficient (Wildman–Crippen LogP) is 2.96. The molecule has 0 saturated carbocycles. The van der Waals surface area contributed by atoms with Gasteiger partial charge < -0.3 is 9.47 Å². The van der Waals surface area contributed by atoms with Crippen LogP contribution >= 0.6 is 0 Å². The van der Waals surface area contributed by atoms with E-state index in [0.29, 0.717) is 6.61 Å². The van der Waals surface area contributed by atoms with E-state index in [1.165, 1.54) is 0 Å². The third-order valence-corrected chi connectivity index (χ3v) is 3.49. The smallest absolute Gasteiger partial charge is 0.170 e. The summed E-state index contributed by atoms with van der Waals surface area (Å²) in [6.07, 6.45) is 0.759. The first-order valence-electron chi connectivity index (χ1n) is 6.40. The van der Waals surface area contributed by atoms with Crippen LogP contribution in [0, 0.1) is 5.92 Å². The van der Waals surface area contributed by atoms with Crippen LogP contribution in [-0.2, 0) is 14.3 Å². The Labute approximate surface area is 105 Å². The van der Waals surface area contributed by atoms with Crippen LogP contribution in [0.25, 0.3) is 0 Å². The molecule has 3 heteroatoms. The third kappa shape index (κ3) is 3.08. The molecular formula is C14H26O3. The minimum absolute atomic E-state index is 0.0981. The normalized spacial score (nSPS) is 27.1. The Morgan fingerprint density at radius 1 is 1.35 bits per heavy atom. The van der Waals surface area contributed by atoms with E-state index in [0.717, 1.165) is 6.42 Å². The van der Waals surface area contributed by atoms with E-state index in [1.807, 2.05) is 48.5 Å². The molecule has 0 aromatic heterocycles. The van der Waals surface area contributed by atoms with E-state index >= 15 is 0 Å². The van der Waals surface area contributed by atoms with Gasteiger partial charge in [-0.15, -0.1) is 0 Å². The maximum atomic E-state index is 12.6. The molecule has 0 radical (unpaired) electrons. The summed E-state index contributed by atoms with van der Waals surface area (Å²) in [6.45, 7) is 14.2. The van der Waals surface area contributed by atoms with Gasteiger partial charge in [0.15, 0.2) is 5.78 Å². The molecule has 1 fully saturated rings. The van der Waals surface area contributed by atoms with Crippen molar-refractivity contribution in [2.75, 3.05) is 6.61 Å². The summed E-state index contributed by atoms with van der Waals surface area (Å²) in [5, 5.41) is 0. The highest BCUT2D eigenvalue weighted by atomic mass is 16.5. The van der Waals surface area contributed by atoms with Gasteiger partial charge in [-0.05, 0) is 54.9 Å². The average Bonchev–Trinajstić information content (AvgIpc) is 2.32. The molecular weight excluding hydrogens is 216 g/mol. The molecule has 100 valence electrons. The summed E-state index contributed by atoms with van der Waals surface area (Å²) in [6, 6.07) is 0. The first-order chi connectivity index (χ1) is 7.52. The van der Waals surface area contributed by atoms with Gasteiger partial charge >= 0.3 is 0 Å². The fourth-order valence-corrected chi connectivity index (χ4v) is 2.82. The number of hydrogen-bond acceptors (Lipinski definition) is 3. The van der Waals surface area contributed by atoms with Crippen molar-refractivity contribution in [2.45, 2.75) is 71.7 Å². The first kappa shape index (κ1) is 14.7. The average molecular weight is 242 g/mol. The van der Waals surface area contributed by atoms with Crippen molar-refractivity contribution >= 4 is 5.78 Å². The van der Waals surface area contributed by atoms with Crippen LogP contribution < -0.4 is 0 Å². The van der Waals surface area contributed by atoms with E-state index in [2.05, 4.69) is 0 Å². The van der Waals surface area contributed by atoms with Crippen LogP contribution in [0.3, 0.4) is 0 Å². The highest BCUT2D eigenvalue weighted by Gasteiger charge is 2.52. The first-order valence-corrected chi connectivity index (χ1v) is 6.40. The molecule has 0 N–H and O–H groups in total. The number of rotatable bonds is 4. The van der Waals surface area contributed by atoms with Crippen molar-refractivity contribution in [2.24, 2.45) is 5.92 Å². The third-order valence-electron chi connectivity index (χ3n) is 3.49. The van der Waals surface area contributed by atoms with Crippen molar-refractivity contribution in [3.63, 3.8) is 0 Å². The standard InChI is InChI=1S/C14H26O3/c1-8-16-14(6,7)11(15)10-9-12(2,3)17-13(10,4)5/h10H,8-9H2,1-7H3.